The van der Waals surface area contributed by atoms with Gasteiger partial charge in [-0.3, -0.25) is 0 Å². The average Bonchev–Trinajstić information content (AvgIpc) is 2.90. The summed E-state index contributed by atoms with van der Waals surface area (Å²) in [4.78, 5) is 26.9. The van der Waals surface area contributed by atoms with Crippen LogP contribution in [-0.2, 0) is 27.1 Å². The molecule has 2 aromatic rings. The first-order valence-electron chi connectivity index (χ1n) is 7.17. The quantitative estimate of drug-likeness (QED) is 0.882. The lowest BCUT2D eigenvalue weighted by molar-refractivity contribution is -0.144. The number of hydrogen-bond acceptors (Lipinski definition) is 4. The summed E-state index contributed by atoms with van der Waals surface area (Å²) < 4.78 is 9.49. The van der Waals surface area contributed by atoms with Gasteiger partial charge in [-0.1, -0.05) is 11.6 Å². The van der Waals surface area contributed by atoms with E-state index in [0.29, 0.717) is 10.6 Å². The zero-order valence-corrected chi connectivity index (χ0v) is 13.0. The van der Waals surface area contributed by atoms with Crippen molar-refractivity contribution in [2.24, 2.45) is 0 Å². The summed E-state index contributed by atoms with van der Waals surface area (Å²) in [5, 5.41) is 1.15. The Labute approximate surface area is 132 Å². The normalized spacial score (nSPS) is 13.7. The van der Waals surface area contributed by atoms with Crippen LogP contribution < -0.4 is 0 Å². The predicted molar refractivity (Wildman–Crippen MR) is 82.2 cm³/mol. The standard InChI is InChI=1S/C16H16ClNO4/c1-21-13(19)8-22-16(20)15-10(17)6-7-12-14(15)9-4-2-3-5-11(9)18-12/h6-7,18H,2-5,8H2,1H3. The molecule has 5 nitrogen and oxygen atoms in total. The van der Waals surface area contributed by atoms with Crippen molar-refractivity contribution >= 4 is 34.4 Å². The molecule has 22 heavy (non-hydrogen) atoms. The number of aromatic amines is 1. The number of ether oxygens (including phenoxy) is 2. The average molecular weight is 322 g/mol. The number of rotatable bonds is 3. The molecule has 0 aliphatic heterocycles. The number of aromatic nitrogens is 1. The van der Waals surface area contributed by atoms with E-state index in [9.17, 15) is 9.59 Å². The molecule has 1 aromatic heterocycles. The van der Waals surface area contributed by atoms with Crippen LogP contribution in [0.1, 0.15) is 34.5 Å². The maximum atomic E-state index is 12.4. The van der Waals surface area contributed by atoms with Crippen molar-refractivity contribution in [3.8, 4) is 0 Å². The molecule has 6 heteroatoms. The summed E-state index contributed by atoms with van der Waals surface area (Å²) in [6, 6.07) is 3.54. The van der Waals surface area contributed by atoms with Crippen molar-refractivity contribution in [1.82, 2.24) is 4.98 Å². The van der Waals surface area contributed by atoms with Crippen LogP contribution in [0, 0.1) is 0 Å². The van der Waals surface area contributed by atoms with E-state index in [4.69, 9.17) is 16.3 Å². The third-order valence-corrected chi connectivity index (χ3v) is 4.28. The summed E-state index contributed by atoms with van der Waals surface area (Å²) in [6.07, 6.45) is 4.10. The molecule has 0 amide bonds. The molecule has 0 saturated carbocycles. The van der Waals surface area contributed by atoms with Crippen LogP contribution in [0.3, 0.4) is 0 Å². The highest BCUT2D eigenvalue weighted by Crippen LogP contribution is 2.35. The number of carbonyl (C=O) groups is 2. The molecular weight excluding hydrogens is 306 g/mol. The van der Waals surface area contributed by atoms with Gasteiger partial charge in [0, 0.05) is 16.6 Å². The van der Waals surface area contributed by atoms with Crippen LogP contribution in [0.5, 0.6) is 0 Å². The Morgan fingerprint density at radius 1 is 1.27 bits per heavy atom. The fourth-order valence-electron chi connectivity index (χ4n) is 2.93. The highest BCUT2D eigenvalue weighted by Gasteiger charge is 2.24. The van der Waals surface area contributed by atoms with Crippen LogP contribution >= 0.6 is 11.6 Å². The molecule has 116 valence electrons. The van der Waals surface area contributed by atoms with Gasteiger partial charge >= 0.3 is 11.9 Å². The van der Waals surface area contributed by atoms with Gasteiger partial charge in [-0.25, -0.2) is 9.59 Å². The van der Waals surface area contributed by atoms with Crippen LogP contribution in [0.4, 0.5) is 0 Å². The summed E-state index contributed by atoms with van der Waals surface area (Å²) >= 11 is 6.22. The van der Waals surface area contributed by atoms with Crippen molar-refractivity contribution in [1.29, 1.82) is 0 Å². The lowest BCUT2D eigenvalue weighted by Gasteiger charge is -2.12. The smallest absolute Gasteiger partial charge is 0.344 e. The monoisotopic (exact) mass is 321 g/mol. The van der Waals surface area contributed by atoms with Crippen LogP contribution in [0.25, 0.3) is 10.9 Å². The molecule has 3 rings (SSSR count). The van der Waals surface area contributed by atoms with Gasteiger partial charge in [0.25, 0.3) is 0 Å². The third-order valence-electron chi connectivity index (χ3n) is 3.96. The van der Waals surface area contributed by atoms with E-state index in [2.05, 4.69) is 9.72 Å². The van der Waals surface area contributed by atoms with E-state index in [1.54, 1.807) is 6.07 Å². The number of esters is 2. The maximum absolute atomic E-state index is 12.4. The van der Waals surface area contributed by atoms with Crippen LogP contribution in [0.2, 0.25) is 5.02 Å². The van der Waals surface area contributed by atoms with Gasteiger partial charge < -0.3 is 14.5 Å². The fraction of sp³-hybridized carbons (Fsp3) is 0.375. The Morgan fingerprint density at radius 3 is 2.82 bits per heavy atom. The number of methoxy groups -OCH3 is 1. The van der Waals surface area contributed by atoms with Gasteiger partial charge in [-0.2, -0.15) is 0 Å². The van der Waals surface area contributed by atoms with Gasteiger partial charge in [0.05, 0.1) is 17.7 Å². The Bertz CT molecular complexity index is 750. The number of aryl methyl sites for hydroxylation is 2. The van der Waals surface area contributed by atoms with Gasteiger partial charge in [0.1, 0.15) is 0 Å². The molecule has 0 atom stereocenters. The summed E-state index contributed by atoms with van der Waals surface area (Å²) in [5.74, 6) is -1.21. The molecule has 1 aromatic carbocycles. The Hall–Kier alpha value is -2.01. The van der Waals surface area contributed by atoms with Crippen molar-refractivity contribution in [3.05, 3.63) is 34.0 Å². The molecule has 0 unspecified atom stereocenters. The molecule has 0 bridgehead atoms. The SMILES string of the molecule is COC(=O)COC(=O)c1c(Cl)ccc2[nH]c3c(c12)CCCC3. The zero-order chi connectivity index (χ0) is 15.7. The van der Waals surface area contributed by atoms with E-state index in [1.807, 2.05) is 6.07 Å². The van der Waals surface area contributed by atoms with E-state index in [1.165, 1.54) is 7.11 Å². The van der Waals surface area contributed by atoms with E-state index >= 15 is 0 Å². The van der Waals surface area contributed by atoms with E-state index in [-0.39, 0.29) is 0 Å². The molecule has 1 N–H and O–H groups in total. The summed E-state index contributed by atoms with van der Waals surface area (Å²) in [7, 11) is 1.24. The van der Waals surface area contributed by atoms with Gasteiger partial charge in [-0.05, 0) is 43.4 Å². The number of H-pyrrole nitrogens is 1. The second-order valence-corrected chi connectivity index (χ2v) is 5.69. The predicted octanol–water partition coefficient (Wildman–Crippen LogP) is 3.03. The number of nitrogens with one attached hydrogen (secondary N) is 1. The summed E-state index contributed by atoms with van der Waals surface area (Å²) in [5.41, 5.74) is 3.49. The van der Waals surface area contributed by atoms with Gasteiger partial charge in [0.2, 0.25) is 0 Å². The van der Waals surface area contributed by atoms with Crippen molar-refractivity contribution in [2.45, 2.75) is 25.7 Å². The lowest BCUT2D eigenvalue weighted by atomic mass is 9.94. The van der Waals surface area contributed by atoms with Crippen molar-refractivity contribution < 1.29 is 19.1 Å². The lowest BCUT2D eigenvalue weighted by Crippen LogP contribution is -2.16. The number of carbonyl (C=O) groups excluding carboxylic acids is 2. The summed E-state index contributed by atoms with van der Waals surface area (Å²) in [6.45, 7) is -0.422. The highest BCUT2D eigenvalue weighted by atomic mass is 35.5. The minimum absolute atomic E-state index is 0.322. The number of fused-ring (bicyclic) bond motifs is 3. The second kappa shape index (κ2) is 6.01. The molecule has 0 spiro atoms. The van der Waals surface area contributed by atoms with Gasteiger partial charge in [0.15, 0.2) is 6.61 Å². The molecular formula is C16H16ClNO4. The topological polar surface area (TPSA) is 68.4 Å². The first-order chi connectivity index (χ1) is 10.6. The Balaban J connectivity index is 2.04. The molecule has 1 aliphatic carbocycles. The highest BCUT2D eigenvalue weighted by molar-refractivity contribution is 6.35. The second-order valence-electron chi connectivity index (χ2n) is 5.29. The molecule has 0 radical (unpaired) electrons. The first kappa shape index (κ1) is 14.9. The molecule has 0 saturated heterocycles. The van der Waals surface area contributed by atoms with E-state index in [0.717, 1.165) is 47.8 Å². The minimum Gasteiger partial charge on any atom is -0.466 e. The fourth-order valence-corrected chi connectivity index (χ4v) is 3.17. The molecule has 1 aliphatic rings. The van der Waals surface area contributed by atoms with Crippen LogP contribution in [0.15, 0.2) is 12.1 Å². The van der Waals surface area contributed by atoms with Crippen molar-refractivity contribution in [3.63, 3.8) is 0 Å². The van der Waals surface area contributed by atoms with Crippen LogP contribution in [-0.4, -0.2) is 30.6 Å². The maximum Gasteiger partial charge on any atom is 0.344 e. The first-order valence-corrected chi connectivity index (χ1v) is 7.55. The number of benzene rings is 1. The zero-order valence-electron chi connectivity index (χ0n) is 12.2. The molecule has 1 heterocycles. The van der Waals surface area contributed by atoms with Crippen molar-refractivity contribution in [2.75, 3.05) is 13.7 Å². The largest absolute Gasteiger partial charge is 0.466 e. The number of halogens is 1. The number of hydrogen-bond donors (Lipinski definition) is 1. The van der Waals surface area contributed by atoms with Gasteiger partial charge in [-0.15, -0.1) is 0 Å². The Morgan fingerprint density at radius 2 is 2.05 bits per heavy atom. The third kappa shape index (κ3) is 2.57. The minimum atomic E-state index is -0.604. The molecule has 0 fully saturated rings. The van der Waals surface area contributed by atoms with E-state index < -0.39 is 18.5 Å². The Kier molecular flexibility index (Phi) is 4.07.